The van der Waals surface area contributed by atoms with E-state index in [2.05, 4.69) is 10.6 Å². The predicted molar refractivity (Wildman–Crippen MR) is 77.1 cm³/mol. The van der Waals surface area contributed by atoms with Crippen LogP contribution in [0.25, 0.3) is 0 Å². The largest absolute Gasteiger partial charge is 0.411 e. The monoisotopic (exact) mass is 336 g/mol. The normalized spacial score (nSPS) is 17.8. The van der Waals surface area contributed by atoms with E-state index in [9.17, 15) is 22.4 Å². The number of thioether (sulfide) groups is 1. The molecule has 0 atom stereocenters. The van der Waals surface area contributed by atoms with Crippen LogP contribution >= 0.6 is 11.8 Å². The molecule has 22 heavy (non-hydrogen) atoms. The molecule has 122 valence electrons. The number of hydrogen-bond acceptors (Lipinski definition) is 2. The maximum absolute atomic E-state index is 13.3. The minimum absolute atomic E-state index is 0.0365. The number of benzene rings is 1. The van der Waals surface area contributed by atoms with Crippen LogP contribution < -0.4 is 10.6 Å². The average Bonchev–Trinajstić information content (AvgIpc) is 2.46. The molecule has 0 saturated carbocycles. The van der Waals surface area contributed by atoms with Crippen molar-refractivity contribution in [3.63, 3.8) is 0 Å². The molecular weight excluding hydrogens is 320 g/mol. The van der Waals surface area contributed by atoms with E-state index in [4.69, 9.17) is 0 Å². The Balaban J connectivity index is 1.95. The Morgan fingerprint density at radius 1 is 1.18 bits per heavy atom. The summed E-state index contributed by atoms with van der Waals surface area (Å²) in [6, 6.07) is 4.52. The third-order valence-electron chi connectivity index (χ3n) is 3.61. The maximum atomic E-state index is 13.3. The molecule has 0 bridgehead atoms. The third kappa shape index (κ3) is 4.06. The number of carbonyl (C=O) groups excluding carboxylic acids is 1. The van der Waals surface area contributed by atoms with Gasteiger partial charge >= 0.3 is 12.2 Å². The van der Waals surface area contributed by atoms with Gasteiger partial charge in [0.1, 0.15) is 11.4 Å². The minimum atomic E-state index is -4.48. The van der Waals surface area contributed by atoms with Crippen molar-refractivity contribution < 1.29 is 22.4 Å². The van der Waals surface area contributed by atoms with Crippen LogP contribution in [-0.4, -0.2) is 29.3 Å². The van der Waals surface area contributed by atoms with E-state index in [0.717, 1.165) is 0 Å². The van der Waals surface area contributed by atoms with Gasteiger partial charge in [-0.15, -0.1) is 0 Å². The van der Waals surface area contributed by atoms with Gasteiger partial charge in [0, 0.05) is 6.54 Å². The van der Waals surface area contributed by atoms with Gasteiger partial charge in [0.05, 0.1) is 0 Å². The molecular formula is C14H16F4N2OS. The van der Waals surface area contributed by atoms with Crippen molar-refractivity contribution in [2.75, 3.05) is 11.5 Å². The number of nitrogens with one attached hydrogen (secondary N) is 2. The Labute approximate surface area is 129 Å². The molecule has 1 heterocycles. The van der Waals surface area contributed by atoms with Gasteiger partial charge in [0.2, 0.25) is 0 Å². The predicted octanol–water partition coefficient (Wildman–Crippen LogP) is 3.45. The molecule has 1 aliphatic rings. The summed E-state index contributed by atoms with van der Waals surface area (Å²) >= 11 is 1.44. The summed E-state index contributed by atoms with van der Waals surface area (Å²) in [6.45, 7) is 0.0365. The first-order valence-corrected chi connectivity index (χ1v) is 7.93. The van der Waals surface area contributed by atoms with Crippen LogP contribution in [-0.2, 0) is 6.54 Å². The van der Waals surface area contributed by atoms with Crippen molar-refractivity contribution >= 4 is 17.8 Å². The fourth-order valence-electron chi connectivity index (χ4n) is 2.25. The van der Waals surface area contributed by atoms with E-state index in [-0.39, 0.29) is 19.4 Å². The SMILES string of the molecule is O=C(NCc1ccc(F)cc1)NC1(C(F)(F)F)CCSCC1. The molecule has 8 heteroatoms. The fourth-order valence-corrected chi connectivity index (χ4v) is 3.44. The zero-order chi connectivity index (χ0) is 16.2. The second kappa shape index (κ2) is 6.76. The molecule has 1 saturated heterocycles. The molecule has 1 aliphatic heterocycles. The Hall–Kier alpha value is -1.44. The summed E-state index contributed by atoms with van der Waals surface area (Å²) in [6.07, 6.45) is -4.75. The summed E-state index contributed by atoms with van der Waals surface area (Å²) in [7, 11) is 0. The van der Waals surface area contributed by atoms with Crippen LogP contribution in [0.3, 0.4) is 0 Å². The Morgan fingerprint density at radius 3 is 2.32 bits per heavy atom. The highest BCUT2D eigenvalue weighted by molar-refractivity contribution is 7.99. The number of halogens is 4. The number of rotatable bonds is 3. The maximum Gasteiger partial charge on any atom is 0.411 e. The molecule has 0 unspecified atom stereocenters. The third-order valence-corrected chi connectivity index (χ3v) is 4.59. The number of amides is 2. The first kappa shape index (κ1) is 16.9. The molecule has 2 amide bonds. The van der Waals surface area contributed by atoms with Crippen LogP contribution in [0, 0.1) is 5.82 Å². The van der Waals surface area contributed by atoms with Crippen molar-refractivity contribution in [2.24, 2.45) is 0 Å². The van der Waals surface area contributed by atoms with Crippen LogP contribution in [0.2, 0.25) is 0 Å². The average molecular weight is 336 g/mol. The van der Waals surface area contributed by atoms with Crippen LogP contribution in [0.1, 0.15) is 18.4 Å². The molecule has 3 nitrogen and oxygen atoms in total. The van der Waals surface area contributed by atoms with Gasteiger partial charge in [-0.25, -0.2) is 9.18 Å². The lowest BCUT2D eigenvalue weighted by molar-refractivity contribution is -0.195. The lowest BCUT2D eigenvalue weighted by Gasteiger charge is -2.39. The molecule has 0 radical (unpaired) electrons. The van der Waals surface area contributed by atoms with E-state index in [0.29, 0.717) is 17.1 Å². The first-order valence-electron chi connectivity index (χ1n) is 6.77. The molecule has 2 N–H and O–H groups in total. The molecule has 2 rings (SSSR count). The van der Waals surface area contributed by atoms with Gasteiger partial charge in [-0.1, -0.05) is 12.1 Å². The summed E-state index contributed by atoms with van der Waals surface area (Å²) < 4.78 is 52.6. The molecule has 1 fully saturated rings. The van der Waals surface area contributed by atoms with E-state index in [1.807, 2.05) is 0 Å². The number of alkyl halides is 3. The topological polar surface area (TPSA) is 41.1 Å². The van der Waals surface area contributed by atoms with E-state index in [1.54, 1.807) is 0 Å². The Morgan fingerprint density at radius 2 is 1.77 bits per heavy atom. The highest BCUT2D eigenvalue weighted by atomic mass is 32.2. The van der Waals surface area contributed by atoms with Crippen molar-refractivity contribution in [3.8, 4) is 0 Å². The number of carbonyl (C=O) groups is 1. The lowest BCUT2D eigenvalue weighted by atomic mass is 9.91. The number of hydrogen-bond donors (Lipinski definition) is 2. The van der Waals surface area contributed by atoms with Gasteiger partial charge in [-0.2, -0.15) is 24.9 Å². The summed E-state index contributed by atoms with van der Waals surface area (Å²) in [5.41, 5.74) is -1.55. The van der Waals surface area contributed by atoms with Gasteiger partial charge in [0.25, 0.3) is 0 Å². The van der Waals surface area contributed by atoms with Crippen LogP contribution in [0.4, 0.5) is 22.4 Å². The second-order valence-electron chi connectivity index (χ2n) is 5.13. The standard InChI is InChI=1S/C14H16F4N2OS/c15-11-3-1-10(2-4-11)9-19-12(21)20-13(14(16,17)18)5-7-22-8-6-13/h1-4H,5-9H2,(H2,19,20,21). The van der Waals surface area contributed by atoms with Gasteiger partial charge < -0.3 is 10.6 Å². The minimum Gasteiger partial charge on any atom is -0.334 e. The summed E-state index contributed by atoms with van der Waals surface area (Å²) in [5, 5.41) is 4.47. The molecule has 0 spiro atoms. The van der Waals surface area contributed by atoms with Crippen molar-refractivity contribution in [1.29, 1.82) is 0 Å². The van der Waals surface area contributed by atoms with Crippen LogP contribution in [0.5, 0.6) is 0 Å². The second-order valence-corrected chi connectivity index (χ2v) is 6.35. The fraction of sp³-hybridized carbons (Fsp3) is 0.500. The van der Waals surface area contributed by atoms with Gasteiger partial charge in [-0.05, 0) is 42.0 Å². The van der Waals surface area contributed by atoms with Crippen molar-refractivity contribution in [3.05, 3.63) is 35.6 Å². The quantitative estimate of drug-likeness (QED) is 0.830. The van der Waals surface area contributed by atoms with Crippen molar-refractivity contribution in [1.82, 2.24) is 10.6 Å². The summed E-state index contributed by atoms with van der Waals surface area (Å²) in [4.78, 5) is 11.8. The molecule has 1 aromatic rings. The molecule has 0 aromatic heterocycles. The van der Waals surface area contributed by atoms with Crippen LogP contribution in [0.15, 0.2) is 24.3 Å². The zero-order valence-corrected chi connectivity index (χ0v) is 12.5. The zero-order valence-electron chi connectivity index (χ0n) is 11.7. The Bertz CT molecular complexity index is 513. The van der Waals surface area contributed by atoms with Crippen molar-refractivity contribution in [2.45, 2.75) is 31.1 Å². The highest BCUT2D eigenvalue weighted by Gasteiger charge is 2.55. The number of urea groups is 1. The van der Waals surface area contributed by atoms with E-state index < -0.39 is 23.6 Å². The van der Waals surface area contributed by atoms with Gasteiger partial charge in [-0.3, -0.25) is 0 Å². The highest BCUT2D eigenvalue weighted by Crippen LogP contribution is 2.40. The van der Waals surface area contributed by atoms with Gasteiger partial charge in [0.15, 0.2) is 0 Å². The first-order chi connectivity index (χ1) is 10.3. The Kier molecular flexibility index (Phi) is 5.20. The lowest BCUT2D eigenvalue weighted by Crippen LogP contribution is -2.62. The van der Waals surface area contributed by atoms with E-state index >= 15 is 0 Å². The van der Waals surface area contributed by atoms with E-state index in [1.165, 1.54) is 36.0 Å². The summed E-state index contributed by atoms with van der Waals surface area (Å²) in [5.74, 6) is 0.305. The smallest absolute Gasteiger partial charge is 0.334 e. The molecule has 1 aromatic carbocycles. The molecule has 0 aliphatic carbocycles.